The Kier molecular flexibility index (Phi) is 37.4. The molecule has 5 aromatic rings. The van der Waals surface area contributed by atoms with E-state index < -0.39 is 223 Å². The molecule has 40 heteroatoms. The number of phenolic OH excluding ortho intramolecular Hbond substituents is 1. The topological polar surface area (TPSA) is 563 Å². The van der Waals surface area contributed by atoms with Gasteiger partial charge in [-0.3, -0.25) is 81.5 Å². The maximum absolute atomic E-state index is 15.6. The summed E-state index contributed by atoms with van der Waals surface area (Å²) in [5, 5.41) is 52.6. The molecule has 4 fully saturated rings. The van der Waals surface area contributed by atoms with Gasteiger partial charge in [-0.05, 0) is 111 Å². The predicted octanol–water partition coefficient (Wildman–Crippen LogP) is -0.721. The first-order valence-corrected chi connectivity index (χ1v) is 45.8. The van der Waals surface area contributed by atoms with Crippen LogP contribution < -0.4 is 70.0 Å². The first-order valence-electron chi connectivity index (χ1n) is 44.7. The number of aliphatic hydroxyl groups excluding tert-OH is 1. The van der Waals surface area contributed by atoms with Crippen molar-refractivity contribution in [1.82, 2.24) is 93.0 Å². The first-order chi connectivity index (χ1) is 61.9. The van der Waals surface area contributed by atoms with Gasteiger partial charge in [0.25, 0.3) is 0 Å². The molecule has 1 unspecified atom stereocenters. The third-order valence-electron chi connectivity index (χ3n) is 23.9. The van der Waals surface area contributed by atoms with Crippen molar-refractivity contribution in [2.24, 2.45) is 23.3 Å². The van der Waals surface area contributed by atoms with E-state index in [1.54, 1.807) is 70.4 Å². The number of carbonyl (C=O) groups excluding carboxylic acids is 17. The van der Waals surface area contributed by atoms with E-state index in [4.69, 9.17) is 11.5 Å². The Morgan fingerprint density at radius 3 is 1.68 bits per heavy atom. The van der Waals surface area contributed by atoms with Crippen molar-refractivity contribution in [2.45, 2.75) is 248 Å². The number of nitrogens with one attached hydrogen (secondary N) is 13. The van der Waals surface area contributed by atoms with Gasteiger partial charge in [-0.25, -0.2) is 0 Å². The number of hydrogen-bond acceptors (Lipinski definition) is 21. The molecule has 3 aromatic carbocycles. The standard InChI is InChI=1S/C90H128N20O19S/c1-11-13-24-70-83(122)100-62(34-49(3)4)81(120)105-69(80(119)96-44-75(114)97-55-29-30-55)47-130-48-77(116)99-65(36-52-27-31-56(111)32-28-52)86(125)106(8)51(7)78(117)102-67(40-74(92)113)88(127)109-33-19-26-71(109)84(123)104-68(41-91)82(121)103-64(35-50(5)6)89(128)110-46-57(112)39-73(110)85(124)101-63(37-53-42-93-60-22-17-15-20-58(53)60)79(118)95-45-76(115)98-66(38-54-43-94-61-23-18-16-21-59(54)61)87(126)108(10)72(25-14-12-2)90(129)107(70)9/h15-18,20-23,27-28,31-32,42-43,49-51,55,57,62-73,93-94,111-112H,11-14,19,24-26,29-30,33-41,44-48,91H2,1-10H3,(H2,92,113)(H,95,118)(H,96,119)(H,97,114)(H,98,115)(H,99,116)(H,100,122)(H,101,124)(H,102,117)(H,103,121)(H,104,123)(H,105,120)/t51-,57+,62-,63-,64-,65-,66?,67-,68-,69-,70-,71-,72-,73-/m0/s1. The number of aliphatic hydroxyl groups is 1. The molecular weight excluding hydrogens is 1700 g/mol. The van der Waals surface area contributed by atoms with Crippen LogP contribution in [0.3, 0.4) is 0 Å². The SMILES string of the molecule is CCCC[C@H]1C(=O)N(C)[C@@H](CCCC)C(=O)N[C@@H](CC(C)C)C(=O)N[C@H](C(=O)NCC(=O)NC2CC2)CSCC(=O)N[C@@H](Cc2ccc(O)cc2)C(=O)N(C)[C@@H](C)C(=O)N[C@@H](CC(N)=O)C(=O)N2CCC[C@H]2C(=O)N[C@@H](CN)C(=O)N[C@@H](CC(C)C)C(=O)N2C[C@H](O)C[C@H]2C(=O)N[C@@H](Cc2c[nH]c3ccccc23)C(=O)NCC(=O)NC(Cc2c[nH]c3ccccc23)C(=O)N1C. The molecular formula is C90H128N20O19S. The number of H-pyrrole nitrogens is 2. The fourth-order valence-corrected chi connectivity index (χ4v) is 17.3. The molecule has 3 aliphatic heterocycles. The first kappa shape index (κ1) is 102. The van der Waals surface area contributed by atoms with Crippen LogP contribution in [-0.4, -0.2) is 301 Å². The monoisotopic (exact) mass is 1820 g/mol. The molecule has 9 rings (SSSR count). The zero-order chi connectivity index (χ0) is 94.9. The van der Waals surface area contributed by atoms with Crippen LogP contribution in [0.25, 0.3) is 21.8 Å². The number of rotatable bonds is 23. The number of nitrogens with zero attached hydrogens (tertiary/aromatic N) is 5. The van der Waals surface area contributed by atoms with Crippen LogP contribution >= 0.6 is 11.8 Å². The van der Waals surface area contributed by atoms with E-state index in [2.05, 4.69) is 68.5 Å². The Bertz CT molecular complexity index is 4880. The van der Waals surface area contributed by atoms with E-state index in [1.807, 2.05) is 32.0 Å². The van der Waals surface area contributed by atoms with E-state index in [1.165, 1.54) is 62.1 Å². The number of carbonyl (C=O) groups is 17. The summed E-state index contributed by atoms with van der Waals surface area (Å²) in [7, 11) is 4.06. The Balaban J connectivity index is 1.06. The minimum absolute atomic E-state index is 0.00553. The van der Waals surface area contributed by atoms with E-state index in [0.717, 1.165) is 39.3 Å². The number of hydrogen-bond donors (Lipinski definition) is 17. The number of benzene rings is 3. The molecule has 39 nitrogen and oxygen atoms in total. The highest BCUT2D eigenvalue weighted by molar-refractivity contribution is 8.00. The van der Waals surface area contributed by atoms with Crippen molar-refractivity contribution < 1.29 is 91.7 Å². The number of aromatic hydroxyl groups is 1. The number of aromatic amines is 2. The van der Waals surface area contributed by atoms with Gasteiger partial charge >= 0.3 is 0 Å². The van der Waals surface area contributed by atoms with Crippen LogP contribution in [0.1, 0.15) is 155 Å². The highest BCUT2D eigenvalue weighted by atomic mass is 32.2. The molecule has 3 saturated heterocycles. The van der Waals surface area contributed by atoms with E-state index >= 15 is 24.0 Å². The molecule has 14 atom stereocenters. The summed E-state index contributed by atoms with van der Waals surface area (Å²) in [6, 6.07) is 1.01. The second-order valence-electron chi connectivity index (χ2n) is 35.0. The molecule has 1 saturated carbocycles. The van der Waals surface area contributed by atoms with Crippen molar-refractivity contribution in [3.8, 4) is 5.75 Å². The van der Waals surface area contributed by atoms with E-state index in [0.29, 0.717) is 64.2 Å². The van der Waals surface area contributed by atoms with Crippen LogP contribution in [0, 0.1) is 11.8 Å². The van der Waals surface area contributed by atoms with Crippen molar-refractivity contribution >= 4 is 134 Å². The van der Waals surface area contributed by atoms with Crippen molar-refractivity contribution in [3.05, 3.63) is 102 Å². The van der Waals surface area contributed by atoms with Gasteiger partial charge in [-0.15, -0.1) is 11.8 Å². The second kappa shape index (κ2) is 47.9. The van der Waals surface area contributed by atoms with E-state index in [-0.39, 0.29) is 100 Å². The lowest BCUT2D eigenvalue weighted by molar-refractivity contribution is -0.149. The highest BCUT2D eigenvalue weighted by Crippen LogP contribution is 2.28. The second-order valence-corrected chi connectivity index (χ2v) is 36.0. The number of amides is 17. The molecule has 708 valence electrons. The lowest BCUT2D eigenvalue weighted by atomic mass is 9.99. The maximum atomic E-state index is 15.6. The van der Waals surface area contributed by atoms with Gasteiger partial charge in [0.05, 0.1) is 31.4 Å². The summed E-state index contributed by atoms with van der Waals surface area (Å²) in [5.74, 6) is -16.0. The molecule has 0 radical (unpaired) electrons. The average molecular weight is 1830 g/mol. The normalized spacial score (nSPS) is 25.4. The molecule has 17 amide bonds. The Labute approximate surface area is 759 Å². The zero-order valence-corrected chi connectivity index (χ0v) is 76.3. The smallest absolute Gasteiger partial charge is 0.246 e. The van der Waals surface area contributed by atoms with Crippen molar-refractivity contribution in [3.63, 3.8) is 0 Å². The predicted molar refractivity (Wildman–Crippen MR) is 483 cm³/mol. The minimum atomic E-state index is -1.75. The lowest BCUT2D eigenvalue weighted by Gasteiger charge is -2.36. The fourth-order valence-electron chi connectivity index (χ4n) is 16.4. The molecule has 0 spiro atoms. The van der Waals surface area contributed by atoms with Gasteiger partial charge in [-0.1, -0.05) is 116 Å². The summed E-state index contributed by atoms with van der Waals surface area (Å²) in [5.41, 5.74) is 14.8. The number of para-hydroxylation sites is 2. The highest BCUT2D eigenvalue weighted by Gasteiger charge is 2.46. The molecule has 130 heavy (non-hydrogen) atoms. The van der Waals surface area contributed by atoms with Gasteiger partial charge in [0.15, 0.2) is 0 Å². The van der Waals surface area contributed by atoms with Gasteiger partial charge in [0.2, 0.25) is 100 Å². The van der Waals surface area contributed by atoms with Crippen molar-refractivity contribution in [1.29, 1.82) is 0 Å². The van der Waals surface area contributed by atoms with Crippen LogP contribution in [0.5, 0.6) is 5.75 Å². The van der Waals surface area contributed by atoms with Crippen LogP contribution in [0.4, 0.5) is 0 Å². The fraction of sp³-hybridized carbons (Fsp3) is 0.567. The zero-order valence-electron chi connectivity index (χ0n) is 75.5. The van der Waals surface area contributed by atoms with Crippen molar-refractivity contribution in [2.75, 3.05) is 65.4 Å². The molecule has 5 heterocycles. The number of likely N-dealkylation sites (N-methyl/N-ethyl adjacent to an activating group) is 3. The third kappa shape index (κ3) is 28.2. The Hall–Kier alpha value is -12.2. The van der Waals surface area contributed by atoms with Gasteiger partial charge in [0.1, 0.15) is 84.3 Å². The maximum Gasteiger partial charge on any atom is 0.246 e. The number of primary amides is 1. The number of phenols is 1. The summed E-state index contributed by atoms with van der Waals surface area (Å²) in [4.78, 5) is 261. The number of fused-ring (bicyclic) bond motifs is 4. The lowest BCUT2D eigenvalue weighted by Crippen LogP contribution is -2.61. The summed E-state index contributed by atoms with van der Waals surface area (Å²) < 4.78 is 0. The largest absolute Gasteiger partial charge is 0.508 e. The van der Waals surface area contributed by atoms with Gasteiger partial charge < -0.3 is 115 Å². The number of aromatic nitrogens is 2. The Morgan fingerprint density at radius 2 is 1.08 bits per heavy atom. The summed E-state index contributed by atoms with van der Waals surface area (Å²) in [6.45, 7) is 9.78. The molecule has 1 aliphatic carbocycles. The Morgan fingerprint density at radius 1 is 0.546 bits per heavy atom. The summed E-state index contributed by atoms with van der Waals surface area (Å²) in [6.07, 6.45) is 3.91. The third-order valence-corrected chi connectivity index (χ3v) is 24.9. The molecule has 19 N–H and O–H groups in total. The van der Waals surface area contributed by atoms with Crippen LogP contribution in [-0.2, 0) is 101 Å². The molecule has 4 aliphatic rings. The minimum Gasteiger partial charge on any atom is -0.508 e. The summed E-state index contributed by atoms with van der Waals surface area (Å²) >= 11 is 0.841. The van der Waals surface area contributed by atoms with Crippen LogP contribution in [0.2, 0.25) is 0 Å². The average Bonchev–Trinajstić information content (AvgIpc) is 1.63. The molecule has 0 bridgehead atoms. The molecule has 2 aromatic heterocycles. The quantitative estimate of drug-likeness (QED) is 0.0384. The number of nitrogens with two attached hydrogens (primary N) is 2. The van der Waals surface area contributed by atoms with E-state index in [9.17, 15) is 67.7 Å². The number of unbranched alkanes of at least 4 members (excludes halogenated alkanes) is 2. The van der Waals surface area contributed by atoms with Crippen LogP contribution in [0.15, 0.2) is 85.2 Å². The number of thioether (sulfide) groups is 1. The van der Waals surface area contributed by atoms with Gasteiger partial charge in [-0.2, -0.15) is 0 Å². The van der Waals surface area contributed by atoms with Gasteiger partial charge in [0, 0.05) is 112 Å².